The summed E-state index contributed by atoms with van der Waals surface area (Å²) in [6.45, 7) is 14.3. The van der Waals surface area contributed by atoms with E-state index in [1.807, 2.05) is 34.6 Å². The number of hydrogen-bond donors (Lipinski definition) is 1. The summed E-state index contributed by atoms with van der Waals surface area (Å²) in [6.07, 6.45) is 2.68. The second kappa shape index (κ2) is 17.0. The van der Waals surface area contributed by atoms with Crippen LogP contribution in [0.4, 0.5) is 0 Å². The summed E-state index contributed by atoms with van der Waals surface area (Å²) in [5, 5.41) is 8.36. The molecule has 3 unspecified atom stereocenters. The molecule has 5 heteroatoms. The third-order valence-electron chi connectivity index (χ3n) is 2.47. The van der Waals surface area contributed by atoms with Gasteiger partial charge in [-0.1, -0.05) is 20.8 Å². The largest absolute Gasteiger partial charge is 0.463 e. The number of aliphatic hydroxyl groups is 1. The van der Waals surface area contributed by atoms with Gasteiger partial charge in [0.05, 0.1) is 18.3 Å². The van der Waals surface area contributed by atoms with E-state index >= 15 is 0 Å². The average molecular weight is 306 g/mol. The smallest absolute Gasteiger partial charge is 0.302 e. The van der Waals surface area contributed by atoms with Crippen LogP contribution in [0.15, 0.2) is 0 Å². The molecule has 0 fully saturated rings. The molecule has 0 aliphatic rings. The number of rotatable bonds is 5. The van der Waals surface area contributed by atoms with Gasteiger partial charge in [-0.3, -0.25) is 9.59 Å². The molecule has 5 nitrogen and oxygen atoms in total. The van der Waals surface area contributed by atoms with E-state index in [-0.39, 0.29) is 30.3 Å². The Morgan fingerprint density at radius 2 is 1.05 bits per heavy atom. The van der Waals surface area contributed by atoms with Gasteiger partial charge < -0.3 is 14.6 Å². The van der Waals surface area contributed by atoms with Crippen molar-refractivity contribution < 1.29 is 24.2 Å². The molecule has 0 aliphatic carbocycles. The zero-order chi connectivity index (χ0) is 17.4. The standard InChI is InChI=1S/2C6H12O2.C4H10O/c2*1-4-5(2)8-6(3)7;1-3-4(2)5/h2*5H,4H2,1-3H3;4-5H,3H2,1-2H3. The van der Waals surface area contributed by atoms with Crippen LogP contribution in [0, 0.1) is 0 Å². The van der Waals surface area contributed by atoms with Crippen molar-refractivity contribution in [3.63, 3.8) is 0 Å². The lowest BCUT2D eigenvalue weighted by Gasteiger charge is -2.06. The minimum absolute atomic E-state index is 0.0764. The summed E-state index contributed by atoms with van der Waals surface area (Å²) in [6, 6.07) is 0. The zero-order valence-corrected chi connectivity index (χ0v) is 14.9. The third kappa shape index (κ3) is 32.4. The first kappa shape index (κ1) is 24.9. The van der Waals surface area contributed by atoms with Gasteiger partial charge in [-0.2, -0.15) is 0 Å². The molecule has 0 aromatic rings. The highest BCUT2D eigenvalue weighted by atomic mass is 16.5. The predicted octanol–water partition coefficient (Wildman–Crippen LogP) is 3.47. The fourth-order valence-electron chi connectivity index (χ4n) is 0.733. The maximum Gasteiger partial charge on any atom is 0.302 e. The van der Waals surface area contributed by atoms with Crippen LogP contribution in [0.3, 0.4) is 0 Å². The van der Waals surface area contributed by atoms with E-state index in [1.165, 1.54) is 13.8 Å². The number of carbonyl (C=O) groups is 2. The number of esters is 2. The van der Waals surface area contributed by atoms with Crippen molar-refractivity contribution in [2.75, 3.05) is 0 Å². The molecular weight excluding hydrogens is 272 g/mol. The van der Waals surface area contributed by atoms with Crippen LogP contribution in [-0.4, -0.2) is 35.4 Å². The molecule has 3 atom stereocenters. The second-order valence-corrected chi connectivity index (χ2v) is 4.91. The van der Waals surface area contributed by atoms with Crippen LogP contribution >= 0.6 is 0 Å². The fraction of sp³-hybridized carbons (Fsp3) is 0.875. The van der Waals surface area contributed by atoms with Crippen molar-refractivity contribution >= 4 is 11.9 Å². The van der Waals surface area contributed by atoms with E-state index in [1.54, 1.807) is 6.92 Å². The predicted molar refractivity (Wildman–Crippen MR) is 85.0 cm³/mol. The van der Waals surface area contributed by atoms with Crippen molar-refractivity contribution in [1.29, 1.82) is 0 Å². The maximum atomic E-state index is 10.2. The van der Waals surface area contributed by atoms with Crippen molar-refractivity contribution in [3.8, 4) is 0 Å². The van der Waals surface area contributed by atoms with E-state index < -0.39 is 0 Å². The van der Waals surface area contributed by atoms with E-state index in [0.717, 1.165) is 19.3 Å². The number of aliphatic hydroxyl groups excluding tert-OH is 1. The lowest BCUT2D eigenvalue weighted by Crippen LogP contribution is -2.09. The molecule has 0 bridgehead atoms. The van der Waals surface area contributed by atoms with Crippen molar-refractivity contribution in [1.82, 2.24) is 0 Å². The molecule has 0 radical (unpaired) electrons. The Balaban J connectivity index is -0.000000239. The Labute approximate surface area is 130 Å². The van der Waals surface area contributed by atoms with Gasteiger partial charge in [0.25, 0.3) is 0 Å². The van der Waals surface area contributed by atoms with Crippen LogP contribution in [-0.2, 0) is 19.1 Å². The second-order valence-electron chi connectivity index (χ2n) is 4.91. The first-order valence-corrected chi connectivity index (χ1v) is 7.62. The van der Waals surface area contributed by atoms with Gasteiger partial charge in [-0.05, 0) is 40.0 Å². The van der Waals surface area contributed by atoms with Gasteiger partial charge in [0, 0.05) is 13.8 Å². The number of hydrogen-bond acceptors (Lipinski definition) is 5. The Morgan fingerprint density at radius 3 is 1.10 bits per heavy atom. The van der Waals surface area contributed by atoms with Crippen LogP contribution in [0.2, 0.25) is 0 Å². The number of carbonyl (C=O) groups excluding carboxylic acids is 2. The molecule has 0 aliphatic heterocycles. The van der Waals surface area contributed by atoms with E-state index in [9.17, 15) is 9.59 Å². The molecule has 21 heavy (non-hydrogen) atoms. The van der Waals surface area contributed by atoms with Gasteiger partial charge in [0.15, 0.2) is 0 Å². The molecule has 0 aromatic heterocycles. The third-order valence-corrected chi connectivity index (χ3v) is 2.47. The van der Waals surface area contributed by atoms with Crippen molar-refractivity contribution in [2.45, 2.75) is 93.0 Å². The van der Waals surface area contributed by atoms with Gasteiger partial charge in [0.1, 0.15) is 0 Å². The minimum atomic E-state index is -0.195. The molecule has 0 aromatic carbocycles. The van der Waals surface area contributed by atoms with Crippen LogP contribution in [0.25, 0.3) is 0 Å². The van der Waals surface area contributed by atoms with Crippen molar-refractivity contribution in [3.05, 3.63) is 0 Å². The number of ether oxygens (including phenoxy) is 2. The molecule has 0 rings (SSSR count). The summed E-state index contributed by atoms with van der Waals surface area (Å²) in [7, 11) is 0. The summed E-state index contributed by atoms with van der Waals surface area (Å²) in [5.74, 6) is -0.390. The summed E-state index contributed by atoms with van der Waals surface area (Å²) in [4.78, 5) is 20.4. The highest BCUT2D eigenvalue weighted by molar-refractivity contribution is 5.66. The first-order chi connectivity index (χ1) is 9.60. The zero-order valence-electron chi connectivity index (χ0n) is 14.9. The Kier molecular flexibility index (Phi) is 20.1. The first-order valence-electron chi connectivity index (χ1n) is 7.62. The maximum absolute atomic E-state index is 10.2. The topological polar surface area (TPSA) is 72.8 Å². The Bertz CT molecular complexity index is 229. The lowest BCUT2D eigenvalue weighted by atomic mass is 10.3. The minimum Gasteiger partial charge on any atom is -0.463 e. The average Bonchev–Trinajstić information content (AvgIpc) is 2.38. The van der Waals surface area contributed by atoms with E-state index in [4.69, 9.17) is 14.6 Å². The van der Waals surface area contributed by atoms with Crippen LogP contribution < -0.4 is 0 Å². The summed E-state index contributed by atoms with van der Waals surface area (Å²) in [5.41, 5.74) is 0. The van der Waals surface area contributed by atoms with Gasteiger partial charge >= 0.3 is 11.9 Å². The van der Waals surface area contributed by atoms with Crippen LogP contribution in [0.5, 0.6) is 0 Å². The molecule has 0 saturated carbocycles. The highest BCUT2D eigenvalue weighted by Gasteiger charge is 1.99. The normalized spacial score (nSPS) is 13.4. The summed E-state index contributed by atoms with van der Waals surface area (Å²) >= 11 is 0. The molecule has 1 N–H and O–H groups in total. The lowest BCUT2D eigenvalue weighted by molar-refractivity contribution is -0.146. The van der Waals surface area contributed by atoms with E-state index in [0.29, 0.717) is 0 Å². The summed E-state index contributed by atoms with van der Waals surface area (Å²) < 4.78 is 9.52. The molecule has 0 heterocycles. The van der Waals surface area contributed by atoms with Gasteiger partial charge in [-0.15, -0.1) is 0 Å². The van der Waals surface area contributed by atoms with Crippen molar-refractivity contribution in [2.24, 2.45) is 0 Å². The Hall–Kier alpha value is -1.10. The molecule has 0 saturated heterocycles. The highest BCUT2D eigenvalue weighted by Crippen LogP contribution is 1.95. The fourth-order valence-corrected chi connectivity index (χ4v) is 0.733. The van der Waals surface area contributed by atoms with Crippen LogP contribution in [0.1, 0.15) is 74.7 Å². The quantitative estimate of drug-likeness (QED) is 0.787. The SMILES string of the molecule is CCC(C)O.CCC(C)OC(C)=O.CCC(C)OC(C)=O. The molecular formula is C16H34O5. The van der Waals surface area contributed by atoms with Gasteiger partial charge in [-0.25, -0.2) is 0 Å². The monoisotopic (exact) mass is 306 g/mol. The molecule has 128 valence electrons. The van der Waals surface area contributed by atoms with E-state index in [2.05, 4.69) is 0 Å². The Morgan fingerprint density at radius 1 is 0.810 bits per heavy atom. The van der Waals surface area contributed by atoms with Gasteiger partial charge in [0.2, 0.25) is 0 Å². The molecule has 0 amide bonds. The molecule has 0 spiro atoms.